The normalized spacial score (nSPS) is 12.2. The molecule has 0 unspecified atom stereocenters. The molecule has 0 aliphatic heterocycles. The number of nitrogens with one attached hydrogen (secondary N) is 1. The van der Waals surface area contributed by atoms with E-state index in [4.69, 9.17) is 4.74 Å². The third-order valence-electron chi connectivity index (χ3n) is 3.75. The lowest BCUT2D eigenvalue weighted by atomic mass is 10.1. The predicted molar refractivity (Wildman–Crippen MR) is 99.2 cm³/mol. The van der Waals surface area contributed by atoms with Gasteiger partial charge in [0.15, 0.2) is 15.9 Å². The zero-order chi connectivity index (χ0) is 19.9. The van der Waals surface area contributed by atoms with Gasteiger partial charge in [-0.25, -0.2) is 13.2 Å². The lowest BCUT2D eigenvalue weighted by Crippen LogP contribution is -2.33. The van der Waals surface area contributed by atoms with E-state index >= 15 is 0 Å². The standard InChI is InChI=1S/C19H21NO6S/c1-27(24,25)16-11-9-15(10-12-16)26-13-5-8-17(21)20-18(19(22)23)14-6-3-2-4-7-14/h2-4,6-7,9-12,18H,5,8,13H2,1H3,(H,20,21)(H,22,23)/t18-/m1/s1. The number of amides is 1. The molecule has 2 aromatic carbocycles. The van der Waals surface area contributed by atoms with Gasteiger partial charge in [-0.3, -0.25) is 4.79 Å². The largest absolute Gasteiger partial charge is 0.494 e. The minimum Gasteiger partial charge on any atom is -0.494 e. The Morgan fingerprint density at radius 3 is 2.26 bits per heavy atom. The number of carbonyl (C=O) groups excluding carboxylic acids is 1. The van der Waals surface area contributed by atoms with Gasteiger partial charge in [0.1, 0.15) is 5.75 Å². The Balaban J connectivity index is 1.79. The number of benzene rings is 2. The number of aliphatic carboxylic acids is 1. The number of ether oxygens (including phenoxy) is 1. The summed E-state index contributed by atoms with van der Waals surface area (Å²) in [7, 11) is -3.25. The Bertz CT molecular complexity index is 878. The van der Waals surface area contributed by atoms with E-state index in [-0.39, 0.29) is 23.8 Å². The van der Waals surface area contributed by atoms with Crippen molar-refractivity contribution in [1.29, 1.82) is 0 Å². The molecule has 0 radical (unpaired) electrons. The van der Waals surface area contributed by atoms with E-state index in [0.29, 0.717) is 17.7 Å². The molecule has 0 bridgehead atoms. The van der Waals surface area contributed by atoms with E-state index in [9.17, 15) is 23.1 Å². The zero-order valence-electron chi connectivity index (χ0n) is 14.8. The molecule has 8 heteroatoms. The second kappa shape index (κ2) is 9.18. The highest BCUT2D eigenvalue weighted by Crippen LogP contribution is 2.16. The first-order valence-electron chi connectivity index (χ1n) is 8.27. The molecule has 144 valence electrons. The van der Waals surface area contributed by atoms with E-state index < -0.39 is 21.8 Å². The van der Waals surface area contributed by atoms with Crippen molar-refractivity contribution in [1.82, 2.24) is 5.32 Å². The van der Waals surface area contributed by atoms with Crippen LogP contribution in [-0.2, 0) is 19.4 Å². The van der Waals surface area contributed by atoms with Crippen molar-refractivity contribution in [3.63, 3.8) is 0 Å². The Morgan fingerprint density at radius 1 is 1.07 bits per heavy atom. The summed E-state index contributed by atoms with van der Waals surface area (Å²) < 4.78 is 28.3. The van der Waals surface area contributed by atoms with E-state index in [1.54, 1.807) is 42.5 Å². The van der Waals surface area contributed by atoms with Crippen molar-refractivity contribution >= 4 is 21.7 Å². The van der Waals surface area contributed by atoms with Crippen molar-refractivity contribution < 1.29 is 27.9 Å². The number of carbonyl (C=O) groups is 2. The lowest BCUT2D eigenvalue weighted by Gasteiger charge is -2.15. The Morgan fingerprint density at radius 2 is 1.70 bits per heavy atom. The predicted octanol–water partition coefficient (Wildman–Crippen LogP) is 2.19. The second-order valence-electron chi connectivity index (χ2n) is 5.95. The molecule has 27 heavy (non-hydrogen) atoms. The van der Waals surface area contributed by atoms with Crippen molar-refractivity contribution in [2.45, 2.75) is 23.8 Å². The second-order valence-corrected chi connectivity index (χ2v) is 7.96. The van der Waals surface area contributed by atoms with Crippen LogP contribution in [0.3, 0.4) is 0 Å². The molecular formula is C19H21NO6S. The number of carboxylic acids is 1. The van der Waals surface area contributed by atoms with Crippen LogP contribution in [0, 0.1) is 0 Å². The van der Waals surface area contributed by atoms with Gasteiger partial charge >= 0.3 is 5.97 Å². The first-order chi connectivity index (χ1) is 12.8. The maximum Gasteiger partial charge on any atom is 0.330 e. The van der Waals surface area contributed by atoms with Crippen LogP contribution in [-0.4, -0.2) is 38.3 Å². The van der Waals surface area contributed by atoms with Gasteiger partial charge in [0.2, 0.25) is 5.91 Å². The van der Waals surface area contributed by atoms with Crippen molar-refractivity contribution in [2.75, 3.05) is 12.9 Å². The molecule has 2 aromatic rings. The molecule has 0 fully saturated rings. The molecule has 0 heterocycles. The fraction of sp³-hybridized carbons (Fsp3) is 0.263. The van der Waals surface area contributed by atoms with Crippen LogP contribution in [0.1, 0.15) is 24.4 Å². The first kappa shape index (κ1) is 20.4. The highest BCUT2D eigenvalue weighted by atomic mass is 32.2. The summed E-state index contributed by atoms with van der Waals surface area (Å²) in [5.41, 5.74) is 0.501. The van der Waals surface area contributed by atoms with Crippen molar-refractivity contribution in [2.24, 2.45) is 0 Å². The zero-order valence-corrected chi connectivity index (χ0v) is 15.6. The Labute approximate surface area is 157 Å². The molecule has 2 rings (SSSR count). The Hall–Kier alpha value is -2.87. The summed E-state index contributed by atoms with van der Waals surface area (Å²) in [5.74, 6) is -1.02. The summed E-state index contributed by atoms with van der Waals surface area (Å²) in [5, 5.41) is 11.8. The minimum absolute atomic E-state index is 0.109. The Kier molecular flexibility index (Phi) is 6.95. The average Bonchev–Trinajstić information content (AvgIpc) is 2.63. The molecule has 7 nitrogen and oxygen atoms in total. The molecule has 0 saturated carbocycles. The van der Waals surface area contributed by atoms with Gasteiger partial charge in [-0.05, 0) is 36.2 Å². The van der Waals surface area contributed by atoms with E-state index in [0.717, 1.165) is 6.26 Å². The lowest BCUT2D eigenvalue weighted by molar-refractivity contribution is -0.142. The number of hydrogen-bond donors (Lipinski definition) is 2. The van der Waals surface area contributed by atoms with E-state index in [2.05, 4.69) is 5.32 Å². The number of carboxylic acid groups (broad SMARTS) is 1. The maximum absolute atomic E-state index is 12.0. The number of rotatable bonds is 9. The van der Waals surface area contributed by atoms with Crippen LogP contribution in [0.5, 0.6) is 5.75 Å². The van der Waals surface area contributed by atoms with Crippen LogP contribution in [0.2, 0.25) is 0 Å². The van der Waals surface area contributed by atoms with Crippen LogP contribution < -0.4 is 10.1 Å². The molecule has 0 aromatic heterocycles. The van der Waals surface area contributed by atoms with Crippen LogP contribution in [0.25, 0.3) is 0 Å². The third-order valence-corrected chi connectivity index (χ3v) is 4.88. The minimum atomic E-state index is -3.25. The van der Waals surface area contributed by atoms with Gasteiger partial charge < -0.3 is 15.2 Å². The summed E-state index contributed by atoms with van der Waals surface area (Å²) in [6, 6.07) is 13.4. The SMILES string of the molecule is CS(=O)(=O)c1ccc(OCCCC(=O)N[C@@H](C(=O)O)c2ccccc2)cc1. The summed E-state index contributed by atoms with van der Waals surface area (Å²) in [4.78, 5) is 23.6. The van der Waals surface area contributed by atoms with Gasteiger partial charge in [0.25, 0.3) is 0 Å². The molecule has 0 saturated heterocycles. The van der Waals surface area contributed by atoms with Crippen LogP contribution >= 0.6 is 0 Å². The molecule has 0 aliphatic rings. The highest BCUT2D eigenvalue weighted by Gasteiger charge is 2.21. The van der Waals surface area contributed by atoms with Gasteiger partial charge in [-0.2, -0.15) is 0 Å². The van der Waals surface area contributed by atoms with E-state index in [1.807, 2.05) is 0 Å². The van der Waals surface area contributed by atoms with Gasteiger partial charge in [-0.1, -0.05) is 30.3 Å². The maximum atomic E-state index is 12.0. The molecule has 2 N–H and O–H groups in total. The fourth-order valence-corrected chi connectivity index (χ4v) is 3.00. The molecule has 0 spiro atoms. The van der Waals surface area contributed by atoms with Crippen molar-refractivity contribution in [3.8, 4) is 5.75 Å². The van der Waals surface area contributed by atoms with Crippen LogP contribution in [0.15, 0.2) is 59.5 Å². The topological polar surface area (TPSA) is 110 Å². The smallest absolute Gasteiger partial charge is 0.330 e. The molecule has 0 aliphatic carbocycles. The quantitative estimate of drug-likeness (QED) is 0.634. The molecular weight excluding hydrogens is 370 g/mol. The van der Waals surface area contributed by atoms with Crippen molar-refractivity contribution in [3.05, 3.63) is 60.2 Å². The molecule has 1 amide bonds. The van der Waals surface area contributed by atoms with Gasteiger partial charge in [0.05, 0.1) is 11.5 Å². The monoisotopic (exact) mass is 391 g/mol. The summed E-state index contributed by atoms with van der Waals surface area (Å²) >= 11 is 0. The molecule has 1 atom stereocenters. The van der Waals surface area contributed by atoms with Gasteiger partial charge in [0, 0.05) is 12.7 Å². The number of hydrogen-bond acceptors (Lipinski definition) is 5. The number of sulfone groups is 1. The third kappa shape index (κ3) is 6.41. The summed E-state index contributed by atoms with van der Waals surface area (Å²) in [6.07, 6.45) is 1.63. The van der Waals surface area contributed by atoms with Gasteiger partial charge in [-0.15, -0.1) is 0 Å². The van der Waals surface area contributed by atoms with E-state index in [1.165, 1.54) is 12.1 Å². The fourth-order valence-electron chi connectivity index (χ4n) is 2.37. The highest BCUT2D eigenvalue weighted by molar-refractivity contribution is 7.90. The summed E-state index contributed by atoms with van der Waals surface area (Å²) in [6.45, 7) is 0.245. The van der Waals surface area contributed by atoms with Crippen LogP contribution in [0.4, 0.5) is 0 Å². The first-order valence-corrected chi connectivity index (χ1v) is 10.2. The average molecular weight is 391 g/mol.